The van der Waals surface area contributed by atoms with Crippen LogP contribution in [0.3, 0.4) is 0 Å². The molecule has 30 heavy (non-hydrogen) atoms. The number of morpholine rings is 1. The van der Waals surface area contributed by atoms with E-state index in [0.717, 1.165) is 5.56 Å². The number of ether oxygens (including phenoxy) is 1. The molecule has 1 saturated heterocycles. The van der Waals surface area contributed by atoms with Crippen LogP contribution < -0.4 is 5.32 Å². The summed E-state index contributed by atoms with van der Waals surface area (Å²) in [5.74, 6) is -0.293. The monoisotopic (exact) mass is 406 g/mol. The van der Waals surface area contributed by atoms with Crippen molar-refractivity contribution < 1.29 is 23.8 Å². The molecule has 2 N–H and O–H groups in total. The lowest BCUT2D eigenvalue weighted by Gasteiger charge is -2.38. The lowest BCUT2D eigenvalue weighted by Crippen LogP contribution is -2.51. The highest BCUT2D eigenvalue weighted by Crippen LogP contribution is 2.27. The van der Waals surface area contributed by atoms with Gasteiger partial charge in [0, 0.05) is 12.2 Å². The number of nitrogens with zero attached hydrogens (tertiary/aromatic N) is 1. The van der Waals surface area contributed by atoms with E-state index in [4.69, 9.17) is 9.15 Å². The molecule has 1 aliphatic heterocycles. The first-order valence-corrected chi connectivity index (χ1v) is 9.66. The van der Waals surface area contributed by atoms with Gasteiger partial charge >= 0.3 is 0 Å². The molecule has 0 bridgehead atoms. The Balaban J connectivity index is 1.47. The Kier molecular flexibility index (Phi) is 5.92. The SMILES string of the molecule is O=C(Nc1ccc([C@@H](O)[C@H]2COCC(=O)N2Cc2ccccc2)cc1)c1ccco1. The van der Waals surface area contributed by atoms with Crippen molar-refractivity contribution in [2.45, 2.75) is 18.7 Å². The highest BCUT2D eigenvalue weighted by atomic mass is 16.5. The van der Waals surface area contributed by atoms with Crippen LogP contribution in [-0.2, 0) is 16.1 Å². The summed E-state index contributed by atoms with van der Waals surface area (Å²) in [6, 6.07) is 19.2. The van der Waals surface area contributed by atoms with Crippen LogP contribution in [-0.4, -0.2) is 41.1 Å². The first kappa shape index (κ1) is 19.9. The molecule has 154 valence electrons. The van der Waals surface area contributed by atoms with Crippen LogP contribution in [0.1, 0.15) is 27.8 Å². The zero-order chi connectivity index (χ0) is 20.9. The number of aliphatic hydroxyl groups is 1. The van der Waals surface area contributed by atoms with Gasteiger partial charge in [-0.25, -0.2) is 0 Å². The molecule has 1 aliphatic rings. The first-order valence-electron chi connectivity index (χ1n) is 9.66. The number of hydrogen-bond donors (Lipinski definition) is 2. The molecule has 2 atom stereocenters. The van der Waals surface area contributed by atoms with Gasteiger partial charge in [0.05, 0.1) is 18.9 Å². The molecule has 0 saturated carbocycles. The van der Waals surface area contributed by atoms with Gasteiger partial charge in [0.25, 0.3) is 5.91 Å². The minimum atomic E-state index is -0.923. The number of nitrogens with one attached hydrogen (secondary N) is 1. The average molecular weight is 406 g/mol. The Morgan fingerprint density at radius 2 is 1.87 bits per heavy atom. The van der Waals surface area contributed by atoms with E-state index in [9.17, 15) is 14.7 Å². The van der Waals surface area contributed by atoms with Crippen LogP contribution in [0.25, 0.3) is 0 Å². The Morgan fingerprint density at radius 1 is 1.10 bits per heavy atom. The topological polar surface area (TPSA) is 92.0 Å². The highest BCUT2D eigenvalue weighted by molar-refractivity contribution is 6.02. The number of aliphatic hydroxyl groups excluding tert-OH is 1. The number of carbonyl (C=O) groups excluding carboxylic acids is 2. The average Bonchev–Trinajstić information content (AvgIpc) is 3.31. The molecule has 0 aliphatic carbocycles. The van der Waals surface area contributed by atoms with Gasteiger partial charge in [-0.1, -0.05) is 42.5 Å². The lowest BCUT2D eigenvalue weighted by atomic mass is 9.99. The van der Waals surface area contributed by atoms with Crippen molar-refractivity contribution in [2.75, 3.05) is 18.5 Å². The van der Waals surface area contributed by atoms with Gasteiger partial charge in [-0.05, 0) is 35.4 Å². The third-order valence-electron chi connectivity index (χ3n) is 5.05. The number of rotatable bonds is 6. The lowest BCUT2D eigenvalue weighted by molar-refractivity contribution is -0.155. The summed E-state index contributed by atoms with van der Waals surface area (Å²) in [5.41, 5.74) is 2.19. The van der Waals surface area contributed by atoms with Gasteiger partial charge in [-0.15, -0.1) is 0 Å². The normalized spacial score (nSPS) is 17.6. The number of benzene rings is 2. The maximum Gasteiger partial charge on any atom is 0.291 e. The summed E-state index contributed by atoms with van der Waals surface area (Å²) < 4.78 is 10.5. The van der Waals surface area contributed by atoms with Crippen molar-refractivity contribution in [3.05, 3.63) is 89.9 Å². The Labute approximate surface area is 173 Å². The second-order valence-electron chi connectivity index (χ2n) is 7.09. The van der Waals surface area contributed by atoms with Crippen LogP contribution in [0.15, 0.2) is 77.4 Å². The van der Waals surface area contributed by atoms with Crippen LogP contribution in [0.5, 0.6) is 0 Å². The van der Waals surface area contributed by atoms with E-state index in [1.807, 2.05) is 30.3 Å². The largest absolute Gasteiger partial charge is 0.459 e. The van der Waals surface area contributed by atoms with E-state index < -0.39 is 12.1 Å². The van der Waals surface area contributed by atoms with E-state index in [2.05, 4.69) is 5.32 Å². The number of anilines is 1. The maximum absolute atomic E-state index is 12.5. The van der Waals surface area contributed by atoms with Gasteiger partial charge in [0.1, 0.15) is 12.7 Å². The van der Waals surface area contributed by atoms with E-state index in [-0.39, 0.29) is 30.8 Å². The third kappa shape index (κ3) is 4.42. The fraction of sp³-hybridized carbons (Fsp3) is 0.217. The molecule has 2 heterocycles. The molecular weight excluding hydrogens is 384 g/mol. The summed E-state index contributed by atoms with van der Waals surface area (Å²) in [6.45, 7) is 0.659. The zero-order valence-corrected chi connectivity index (χ0v) is 16.2. The molecule has 0 spiro atoms. The molecule has 0 unspecified atom stereocenters. The minimum absolute atomic E-state index is 0.00774. The summed E-state index contributed by atoms with van der Waals surface area (Å²) in [7, 11) is 0. The van der Waals surface area contributed by atoms with Gasteiger partial charge in [0.2, 0.25) is 5.91 Å². The Bertz CT molecular complexity index is 986. The highest BCUT2D eigenvalue weighted by Gasteiger charge is 2.34. The van der Waals surface area contributed by atoms with E-state index in [0.29, 0.717) is 17.8 Å². The molecule has 0 radical (unpaired) electrons. The molecule has 1 aromatic heterocycles. The molecule has 2 aromatic carbocycles. The summed E-state index contributed by atoms with van der Waals surface area (Å²) in [4.78, 5) is 26.2. The number of amides is 2. The smallest absolute Gasteiger partial charge is 0.291 e. The molecule has 1 fully saturated rings. The fourth-order valence-electron chi connectivity index (χ4n) is 3.46. The number of furan rings is 1. The molecular formula is C23H22N2O5. The predicted octanol–water partition coefficient (Wildman–Crippen LogP) is 2.99. The maximum atomic E-state index is 12.5. The second kappa shape index (κ2) is 8.94. The first-order chi connectivity index (χ1) is 14.6. The van der Waals surface area contributed by atoms with Crippen molar-refractivity contribution in [3.8, 4) is 0 Å². The Morgan fingerprint density at radius 3 is 2.57 bits per heavy atom. The van der Waals surface area contributed by atoms with Crippen molar-refractivity contribution in [1.29, 1.82) is 0 Å². The third-order valence-corrected chi connectivity index (χ3v) is 5.05. The van der Waals surface area contributed by atoms with Crippen LogP contribution in [0, 0.1) is 0 Å². The fourth-order valence-corrected chi connectivity index (χ4v) is 3.46. The van der Waals surface area contributed by atoms with E-state index in [1.165, 1.54) is 6.26 Å². The van der Waals surface area contributed by atoms with Crippen molar-refractivity contribution in [2.24, 2.45) is 0 Å². The Hall–Kier alpha value is -3.42. The van der Waals surface area contributed by atoms with Crippen molar-refractivity contribution >= 4 is 17.5 Å². The molecule has 3 aromatic rings. The second-order valence-corrected chi connectivity index (χ2v) is 7.09. The zero-order valence-electron chi connectivity index (χ0n) is 16.2. The van der Waals surface area contributed by atoms with Gasteiger partial charge < -0.3 is 24.5 Å². The minimum Gasteiger partial charge on any atom is -0.459 e. The van der Waals surface area contributed by atoms with Crippen molar-refractivity contribution in [1.82, 2.24) is 4.90 Å². The van der Waals surface area contributed by atoms with Crippen LogP contribution in [0.4, 0.5) is 5.69 Å². The predicted molar refractivity (Wildman–Crippen MR) is 110 cm³/mol. The van der Waals surface area contributed by atoms with Gasteiger partial charge in [0.15, 0.2) is 5.76 Å². The molecule has 7 nitrogen and oxygen atoms in total. The van der Waals surface area contributed by atoms with Gasteiger partial charge in [-0.3, -0.25) is 9.59 Å². The quantitative estimate of drug-likeness (QED) is 0.657. The van der Waals surface area contributed by atoms with Crippen LogP contribution in [0.2, 0.25) is 0 Å². The summed E-state index contributed by atoms with van der Waals surface area (Å²) in [5, 5.41) is 13.7. The van der Waals surface area contributed by atoms with E-state index >= 15 is 0 Å². The van der Waals surface area contributed by atoms with Crippen molar-refractivity contribution in [3.63, 3.8) is 0 Å². The van der Waals surface area contributed by atoms with Crippen LogP contribution >= 0.6 is 0 Å². The van der Waals surface area contributed by atoms with Gasteiger partial charge in [-0.2, -0.15) is 0 Å². The standard InChI is InChI=1S/C23H22N2O5/c26-21-15-29-14-19(25(21)13-16-5-2-1-3-6-16)22(27)17-8-10-18(11-9-17)24-23(28)20-7-4-12-30-20/h1-12,19,22,27H,13-15H2,(H,24,28)/t19-,22-/m1/s1. The number of carbonyl (C=O) groups is 2. The summed E-state index contributed by atoms with van der Waals surface area (Å²) in [6.07, 6.45) is 0.510. The molecule has 2 amide bonds. The summed E-state index contributed by atoms with van der Waals surface area (Å²) >= 11 is 0. The van der Waals surface area contributed by atoms with E-state index in [1.54, 1.807) is 41.3 Å². The molecule has 4 rings (SSSR count). The molecule has 7 heteroatoms. The number of hydrogen-bond acceptors (Lipinski definition) is 5.